The van der Waals surface area contributed by atoms with E-state index in [1.54, 1.807) is 0 Å². The van der Waals surface area contributed by atoms with Gasteiger partial charge in [-0.15, -0.1) is 0 Å². The highest BCUT2D eigenvalue weighted by Gasteiger charge is 2.22. The van der Waals surface area contributed by atoms with Crippen LogP contribution in [0.5, 0.6) is 0 Å². The van der Waals surface area contributed by atoms with Gasteiger partial charge in [-0.25, -0.2) is 0 Å². The lowest BCUT2D eigenvalue weighted by Gasteiger charge is -2.21. The Bertz CT molecular complexity index is 298. The van der Waals surface area contributed by atoms with E-state index in [9.17, 15) is 4.79 Å². The molecule has 0 aromatic rings. The number of rotatable bonds is 1. The first-order valence-corrected chi connectivity index (χ1v) is 4.57. The first kappa shape index (κ1) is 10.7. The Kier molecular flexibility index (Phi) is 2.88. The van der Waals surface area contributed by atoms with Crippen molar-refractivity contribution in [3.63, 3.8) is 0 Å². The summed E-state index contributed by atoms with van der Waals surface area (Å²) in [4.78, 5) is 19.6. The number of amidine groups is 1. The van der Waals surface area contributed by atoms with Gasteiger partial charge in [0.1, 0.15) is 5.84 Å². The van der Waals surface area contributed by atoms with Gasteiger partial charge >= 0.3 is 0 Å². The van der Waals surface area contributed by atoms with Crippen molar-refractivity contribution in [2.24, 2.45) is 15.7 Å². The number of carbonyl (C=O) groups is 1. The predicted molar refractivity (Wildman–Crippen MR) is 56.7 cm³/mol. The number of nitrogens with two attached hydrogens (primary N) is 1. The molecule has 5 heteroatoms. The van der Waals surface area contributed by atoms with Crippen molar-refractivity contribution >= 4 is 17.5 Å². The fourth-order valence-corrected chi connectivity index (χ4v) is 1.08. The minimum atomic E-state index is -0.280. The second kappa shape index (κ2) is 3.77. The molecular weight excluding hydrogens is 180 g/mol. The van der Waals surface area contributed by atoms with Crippen molar-refractivity contribution in [2.75, 3.05) is 13.1 Å². The number of amides is 1. The molecule has 5 nitrogen and oxygen atoms in total. The van der Waals surface area contributed by atoms with Crippen LogP contribution in [0.3, 0.4) is 0 Å². The van der Waals surface area contributed by atoms with E-state index in [1.807, 2.05) is 20.8 Å². The lowest BCUT2D eigenvalue weighted by Crippen LogP contribution is -2.48. The Morgan fingerprint density at radius 3 is 2.43 bits per heavy atom. The van der Waals surface area contributed by atoms with Gasteiger partial charge in [-0.2, -0.15) is 0 Å². The maximum atomic E-state index is 11.6. The SMILES string of the molecule is CC(C)(C)NC(=O)C1=NCCN=C1N. The van der Waals surface area contributed by atoms with Crippen LogP contribution in [0.2, 0.25) is 0 Å². The van der Waals surface area contributed by atoms with Gasteiger partial charge in [-0.3, -0.25) is 14.8 Å². The summed E-state index contributed by atoms with van der Waals surface area (Å²) in [6, 6.07) is 0. The van der Waals surface area contributed by atoms with Gasteiger partial charge < -0.3 is 11.1 Å². The van der Waals surface area contributed by atoms with Gasteiger partial charge in [0.05, 0.1) is 13.1 Å². The Hall–Kier alpha value is -1.39. The average Bonchev–Trinajstić information content (AvgIpc) is 2.01. The van der Waals surface area contributed by atoms with E-state index >= 15 is 0 Å². The monoisotopic (exact) mass is 196 g/mol. The highest BCUT2D eigenvalue weighted by molar-refractivity contribution is 6.66. The fourth-order valence-electron chi connectivity index (χ4n) is 1.08. The fraction of sp³-hybridized carbons (Fsp3) is 0.667. The summed E-state index contributed by atoms with van der Waals surface area (Å²) in [7, 11) is 0. The Morgan fingerprint density at radius 1 is 1.36 bits per heavy atom. The van der Waals surface area contributed by atoms with E-state index in [0.717, 1.165) is 0 Å². The molecular formula is C9H16N4O. The highest BCUT2D eigenvalue weighted by atomic mass is 16.2. The molecule has 1 aliphatic rings. The molecule has 0 spiro atoms. The third-order valence-corrected chi connectivity index (χ3v) is 1.60. The van der Waals surface area contributed by atoms with Crippen molar-refractivity contribution in [1.82, 2.24) is 5.32 Å². The van der Waals surface area contributed by atoms with Crippen molar-refractivity contribution in [3.8, 4) is 0 Å². The molecule has 0 radical (unpaired) electrons. The van der Waals surface area contributed by atoms with Gasteiger partial charge in [-0.1, -0.05) is 0 Å². The largest absolute Gasteiger partial charge is 0.382 e. The highest BCUT2D eigenvalue weighted by Crippen LogP contribution is 2.00. The van der Waals surface area contributed by atoms with E-state index in [4.69, 9.17) is 5.73 Å². The number of nitrogens with zero attached hydrogens (tertiary/aromatic N) is 2. The molecule has 0 aliphatic carbocycles. The number of hydrogen-bond acceptors (Lipinski definition) is 4. The van der Waals surface area contributed by atoms with Gasteiger partial charge in [0.25, 0.3) is 5.91 Å². The van der Waals surface area contributed by atoms with E-state index < -0.39 is 0 Å². The van der Waals surface area contributed by atoms with Crippen molar-refractivity contribution in [3.05, 3.63) is 0 Å². The summed E-state index contributed by atoms with van der Waals surface area (Å²) in [6.07, 6.45) is 0. The third-order valence-electron chi connectivity index (χ3n) is 1.60. The Labute approximate surface area is 83.5 Å². The number of hydrogen-bond donors (Lipinski definition) is 2. The second-order valence-corrected chi connectivity index (χ2v) is 4.20. The second-order valence-electron chi connectivity index (χ2n) is 4.20. The molecule has 0 atom stereocenters. The topological polar surface area (TPSA) is 79.8 Å². The minimum Gasteiger partial charge on any atom is -0.382 e. The summed E-state index contributed by atoms with van der Waals surface area (Å²) < 4.78 is 0. The van der Waals surface area contributed by atoms with Gasteiger partial charge in [0.15, 0.2) is 5.71 Å². The minimum absolute atomic E-state index is 0.234. The first-order valence-electron chi connectivity index (χ1n) is 4.57. The summed E-state index contributed by atoms with van der Waals surface area (Å²) in [6.45, 7) is 6.82. The van der Waals surface area contributed by atoms with Gasteiger partial charge in [0, 0.05) is 5.54 Å². The van der Waals surface area contributed by atoms with Crippen LogP contribution in [0.4, 0.5) is 0 Å². The molecule has 78 valence electrons. The van der Waals surface area contributed by atoms with Crippen LogP contribution in [-0.2, 0) is 4.79 Å². The lowest BCUT2D eigenvalue weighted by molar-refractivity contribution is -0.115. The van der Waals surface area contributed by atoms with Crippen LogP contribution in [0.15, 0.2) is 9.98 Å². The zero-order chi connectivity index (χ0) is 10.8. The van der Waals surface area contributed by atoms with Crippen molar-refractivity contribution in [1.29, 1.82) is 0 Å². The molecule has 0 saturated carbocycles. The quantitative estimate of drug-likeness (QED) is 0.604. The summed E-state index contributed by atoms with van der Waals surface area (Å²) in [5, 5.41) is 2.79. The van der Waals surface area contributed by atoms with Crippen LogP contribution in [0.25, 0.3) is 0 Å². The van der Waals surface area contributed by atoms with Crippen LogP contribution >= 0.6 is 0 Å². The third kappa shape index (κ3) is 2.83. The molecule has 1 aliphatic heterocycles. The van der Waals surface area contributed by atoms with E-state index in [2.05, 4.69) is 15.3 Å². The molecule has 1 rings (SSSR count). The summed E-state index contributed by atoms with van der Waals surface area (Å²) in [5.41, 5.74) is 5.53. The van der Waals surface area contributed by atoms with Crippen molar-refractivity contribution in [2.45, 2.75) is 26.3 Å². The molecule has 0 saturated heterocycles. The van der Waals surface area contributed by atoms with Crippen LogP contribution < -0.4 is 11.1 Å². The molecule has 0 bridgehead atoms. The summed E-state index contributed by atoms with van der Waals surface area (Å²) >= 11 is 0. The molecule has 1 amide bonds. The standard InChI is InChI=1S/C9H16N4O/c1-9(2,3)13-8(14)6-7(10)12-5-4-11-6/h4-5H2,1-3H3,(H2,10,12)(H,13,14). The average molecular weight is 196 g/mol. The zero-order valence-electron chi connectivity index (χ0n) is 8.79. The number of nitrogens with one attached hydrogen (secondary N) is 1. The van der Waals surface area contributed by atoms with Crippen LogP contribution in [-0.4, -0.2) is 36.1 Å². The van der Waals surface area contributed by atoms with Gasteiger partial charge in [0.2, 0.25) is 0 Å². The maximum Gasteiger partial charge on any atom is 0.273 e. The molecule has 3 N–H and O–H groups in total. The normalized spacial score (nSPS) is 17.1. The first-order chi connectivity index (χ1) is 6.40. The van der Waals surface area contributed by atoms with Crippen LogP contribution in [0.1, 0.15) is 20.8 Å². The number of carbonyl (C=O) groups excluding carboxylic acids is 1. The van der Waals surface area contributed by atoms with E-state index in [-0.39, 0.29) is 23.0 Å². The molecule has 14 heavy (non-hydrogen) atoms. The van der Waals surface area contributed by atoms with Crippen molar-refractivity contribution < 1.29 is 4.79 Å². The lowest BCUT2D eigenvalue weighted by atomic mass is 10.1. The number of aliphatic imine (C=N–C) groups is 2. The Morgan fingerprint density at radius 2 is 1.93 bits per heavy atom. The molecule has 1 heterocycles. The van der Waals surface area contributed by atoms with E-state index in [1.165, 1.54) is 0 Å². The molecule has 0 unspecified atom stereocenters. The maximum absolute atomic E-state index is 11.6. The van der Waals surface area contributed by atoms with Gasteiger partial charge in [-0.05, 0) is 20.8 Å². The summed E-state index contributed by atoms with van der Waals surface area (Å²) in [5.74, 6) is -0.0172. The predicted octanol–water partition coefficient (Wildman–Crippen LogP) is -0.287. The van der Waals surface area contributed by atoms with Crippen LogP contribution in [0, 0.1) is 0 Å². The molecule has 0 fully saturated rings. The Balaban J connectivity index is 2.71. The van der Waals surface area contributed by atoms with E-state index in [0.29, 0.717) is 13.1 Å². The molecule has 0 aromatic carbocycles. The smallest absolute Gasteiger partial charge is 0.273 e. The molecule has 0 aromatic heterocycles. The zero-order valence-corrected chi connectivity index (χ0v) is 8.79.